The third-order valence-corrected chi connectivity index (χ3v) is 13.2. The smallest absolute Gasteiger partial charge is 0.0380 e. The van der Waals surface area contributed by atoms with E-state index in [1.165, 1.54) is 27.4 Å². The molecule has 30 heavy (non-hydrogen) atoms. The van der Waals surface area contributed by atoms with Crippen molar-refractivity contribution in [3.63, 3.8) is 0 Å². The van der Waals surface area contributed by atoms with Gasteiger partial charge in [-0.1, -0.05) is 156 Å². The first-order valence-electron chi connectivity index (χ1n) is 10.1. The Morgan fingerprint density at radius 3 is 1.03 bits per heavy atom. The first-order valence-corrected chi connectivity index (χ1v) is 14.3. The number of hydrogen-bond donors (Lipinski definition) is 0. The van der Waals surface area contributed by atoms with Gasteiger partial charge in [-0.25, -0.2) is 0 Å². The Balaban J connectivity index is 1.69. The SMILES string of the molecule is c1ccc(PCC(Pc2ccccc2)(Pc2ccccc2)Pc2ccccc2)cc1. The van der Waals surface area contributed by atoms with E-state index in [0.29, 0.717) is 0 Å². The molecule has 4 aromatic rings. The van der Waals surface area contributed by atoms with Crippen LogP contribution in [0.15, 0.2) is 121 Å². The second-order valence-electron chi connectivity index (χ2n) is 7.10. The molecule has 150 valence electrons. The van der Waals surface area contributed by atoms with E-state index in [4.69, 9.17) is 0 Å². The number of hydrogen-bond acceptors (Lipinski definition) is 0. The maximum atomic E-state index is 2.31. The molecule has 4 heteroatoms. The van der Waals surface area contributed by atoms with Crippen molar-refractivity contribution < 1.29 is 0 Å². The fraction of sp³-hybridized carbons (Fsp3) is 0.0769. The van der Waals surface area contributed by atoms with E-state index >= 15 is 0 Å². The van der Waals surface area contributed by atoms with Crippen molar-refractivity contribution in [3.05, 3.63) is 121 Å². The zero-order valence-corrected chi connectivity index (χ0v) is 20.8. The summed E-state index contributed by atoms with van der Waals surface area (Å²) in [4.78, 5) is 0. The molecule has 0 amide bonds. The highest BCUT2D eigenvalue weighted by molar-refractivity contribution is 7.84. The second kappa shape index (κ2) is 11.3. The predicted molar refractivity (Wildman–Crippen MR) is 145 cm³/mol. The Kier molecular flexibility index (Phi) is 8.21. The molecular formula is C26H26P4. The Morgan fingerprint density at radius 1 is 0.400 bits per heavy atom. The summed E-state index contributed by atoms with van der Waals surface area (Å²) in [6, 6.07) is 44.4. The van der Waals surface area contributed by atoms with E-state index < -0.39 is 0 Å². The van der Waals surface area contributed by atoms with Gasteiger partial charge in [-0.15, -0.1) is 0 Å². The molecule has 4 rings (SSSR count). The molecule has 0 saturated carbocycles. The van der Waals surface area contributed by atoms with Gasteiger partial charge in [-0.05, 0) is 27.4 Å². The molecular weight excluding hydrogens is 436 g/mol. The molecule has 0 aliphatic carbocycles. The summed E-state index contributed by atoms with van der Waals surface area (Å²) in [5.41, 5.74) is 0. The summed E-state index contributed by atoms with van der Waals surface area (Å²) in [6.07, 6.45) is 1.23. The molecule has 4 aromatic carbocycles. The van der Waals surface area contributed by atoms with E-state index in [2.05, 4.69) is 121 Å². The lowest BCUT2D eigenvalue weighted by molar-refractivity contribution is 1.33. The number of rotatable bonds is 9. The van der Waals surface area contributed by atoms with Crippen molar-refractivity contribution in [2.45, 2.75) is 4.64 Å². The standard InChI is InChI=1S/C26H26P4/c1-5-13-22(14-6-1)27-21-26(28-23-15-7-2-8-16-23,29-24-17-9-3-10-18-24)30-25-19-11-4-12-20-25/h1-20,27-30H,21H2. The average Bonchev–Trinajstić information content (AvgIpc) is 2.80. The molecule has 0 aliphatic heterocycles. The van der Waals surface area contributed by atoms with Gasteiger partial charge in [0, 0.05) is 4.64 Å². The van der Waals surface area contributed by atoms with E-state index in [1.54, 1.807) is 0 Å². The monoisotopic (exact) mass is 462 g/mol. The predicted octanol–water partition coefficient (Wildman–Crippen LogP) is 5.66. The highest BCUT2D eigenvalue weighted by Crippen LogP contribution is 2.59. The van der Waals surface area contributed by atoms with Gasteiger partial charge in [0.25, 0.3) is 0 Å². The lowest BCUT2D eigenvalue weighted by Crippen LogP contribution is -2.24. The lowest BCUT2D eigenvalue weighted by atomic mass is 10.4. The fourth-order valence-electron chi connectivity index (χ4n) is 3.32. The van der Waals surface area contributed by atoms with Gasteiger partial charge in [-0.2, -0.15) is 0 Å². The van der Waals surface area contributed by atoms with Gasteiger partial charge >= 0.3 is 0 Å². The molecule has 0 aliphatic rings. The van der Waals surface area contributed by atoms with Gasteiger partial charge in [0.1, 0.15) is 0 Å². The zero-order chi connectivity index (χ0) is 20.5. The Labute approximate surface area is 187 Å². The molecule has 0 fully saturated rings. The normalized spacial score (nSPS) is 14.5. The molecule has 0 N–H and O–H groups in total. The van der Waals surface area contributed by atoms with Crippen LogP contribution in [0.5, 0.6) is 0 Å². The van der Waals surface area contributed by atoms with Crippen LogP contribution in [0.25, 0.3) is 0 Å². The second-order valence-corrected chi connectivity index (χ2v) is 14.9. The van der Waals surface area contributed by atoms with E-state index in [1.807, 2.05) is 0 Å². The maximum absolute atomic E-state index is 2.31. The quantitative estimate of drug-likeness (QED) is 0.282. The van der Waals surface area contributed by atoms with Crippen LogP contribution >= 0.6 is 34.3 Å². The first-order chi connectivity index (χ1) is 14.8. The minimum absolute atomic E-state index is 0.262. The summed E-state index contributed by atoms with van der Waals surface area (Å²) in [5.74, 6) is 0. The Bertz CT molecular complexity index is 904. The Hall–Kier alpha value is -1.40. The lowest BCUT2D eigenvalue weighted by Gasteiger charge is -2.35. The van der Waals surface area contributed by atoms with E-state index in [9.17, 15) is 0 Å². The van der Waals surface area contributed by atoms with E-state index in [0.717, 1.165) is 34.3 Å². The third-order valence-electron chi connectivity index (χ3n) is 4.73. The Morgan fingerprint density at radius 2 is 0.700 bits per heavy atom. The van der Waals surface area contributed by atoms with Crippen LogP contribution < -0.4 is 21.2 Å². The van der Waals surface area contributed by atoms with Crippen molar-refractivity contribution in [1.82, 2.24) is 0 Å². The summed E-state index contributed by atoms with van der Waals surface area (Å²) < 4.78 is 0.262. The molecule has 4 unspecified atom stereocenters. The molecule has 0 heterocycles. The average molecular weight is 462 g/mol. The molecule has 0 saturated heterocycles. The highest BCUT2D eigenvalue weighted by atomic mass is 31.2. The van der Waals surface area contributed by atoms with Crippen LogP contribution in [0, 0.1) is 0 Å². The van der Waals surface area contributed by atoms with Crippen LogP contribution in [0.1, 0.15) is 0 Å². The van der Waals surface area contributed by atoms with Crippen molar-refractivity contribution >= 4 is 55.5 Å². The summed E-state index contributed by atoms with van der Waals surface area (Å²) >= 11 is 0. The molecule has 0 aromatic heterocycles. The van der Waals surface area contributed by atoms with Gasteiger partial charge < -0.3 is 0 Å². The van der Waals surface area contributed by atoms with Gasteiger partial charge in [0.05, 0.1) is 0 Å². The highest BCUT2D eigenvalue weighted by Gasteiger charge is 2.31. The van der Waals surface area contributed by atoms with Crippen molar-refractivity contribution in [1.29, 1.82) is 0 Å². The molecule has 0 radical (unpaired) electrons. The fourth-order valence-corrected chi connectivity index (χ4v) is 12.0. The van der Waals surface area contributed by atoms with Gasteiger partial charge in [0.2, 0.25) is 0 Å². The van der Waals surface area contributed by atoms with Gasteiger partial charge in [-0.3, -0.25) is 0 Å². The minimum Gasteiger partial charge on any atom is -0.0888 e. The molecule has 0 bridgehead atoms. The van der Waals surface area contributed by atoms with E-state index in [-0.39, 0.29) is 4.64 Å². The maximum Gasteiger partial charge on any atom is 0.0380 e. The van der Waals surface area contributed by atoms with Crippen molar-refractivity contribution in [3.8, 4) is 0 Å². The van der Waals surface area contributed by atoms with Crippen LogP contribution in [-0.4, -0.2) is 10.8 Å². The summed E-state index contributed by atoms with van der Waals surface area (Å²) in [7, 11) is 3.23. The summed E-state index contributed by atoms with van der Waals surface area (Å²) in [6.45, 7) is 0. The van der Waals surface area contributed by atoms with Crippen LogP contribution in [0.3, 0.4) is 0 Å². The number of benzene rings is 4. The summed E-state index contributed by atoms with van der Waals surface area (Å²) in [5, 5.41) is 5.89. The minimum atomic E-state index is 0.262. The first kappa shape index (κ1) is 21.8. The third kappa shape index (κ3) is 6.55. The van der Waals surface area contributed by atoms with Crippen molar-refractivity contribution in [2.24, 2.45) is 0 Å². The largest absolute Gasteiger partial charge is 0.0888 e. The molecule has 0 spiro atoms. The topological polar surface area (TPSA) is 0 Å². The van der Waals surface area contributed by atoms with Gasteiger partial charge in [0.15, 0.2) is 0 Å². The van der Waals surface area contributed by atoms with Crippen LogP contribution in [0.2, 0.25) is 0 Å². The molecule has 4 atom stereocenters. The van der Waals surface area contributed by atoms with Crippen LogP contribution in [0.4, 0.5) is 0 Å². The van der Waals surface area contributed by atoms with Crippen molar-refractivity contribution in [2.75, 3.05) is 6.16 Å². The van der Waals surface area contributed by atoms with Crippen LogP contribution in [-0.2, 0) is 0 Å². The molecule has 0 nitrogen and oxygen atoms in total. The zero-order valence-electron chi connectivity index (χ0n) is 16.8.